The molecule has 3 aromatic rings. The fraction of sp³-hybridized carbons (Fsp3) is 0.368. The van der Waals surface area contributed by atoms with E-state index in [0.29, 0.717) is 12.8 Å². The molecule has 25 heavy (non-hydrogen) atoms. The van der Waals surface area contributed by atoms with Crippen LogP contribution in [0.1, 0.15) is 36.5 Å². The summed E-state index contributed by atoms with van der Waals surface area (Å²) in [5, 5.41) is 9.52. The molecular formula is C19H20N4O2. The molecule has 1 N–H and O–H groups in total. The van der Waals surface area contributed by atoms with Gasteiger partial charge in [-0.3, -0.25) is 9.78 Å². The Morgan fingerprint density at radius 1 is 1.28 bits per heavy atom. The zero-order valence-corrected chi connectivity index (χ0v) is 14.6. The number of carbonyl (C=O) groups is 1. The third-order valence-electron chi connectivity index (χ3n) is 5.12. The Morgan fingerprint density at radius 2 is 2.04 bits per heavy atom. The lowest BCUT2D eigenvalue weighted by molar-refractivity contribution is -0.140. The fourth-order valence-electron chi connectivity index (χ4n) is 3.38. The third kappa shape index (κ3) is 2.32. The van der Waals surface area contributed by atoms with Crippen molar-refractivity contribution < 1.29 is 9.90 Å². The maximum absolute atomic E-state index is 11.6. The Hall–Kier alpha value is -2.76. The zero-order chi connectivity index (χ0) is 17.8. The van der Waals surface area contributed by atoms with Gasteiger partial charge in [-0.05, 0) is 48.9 Å². The smallest absolute Gasteiger partial charge is 0.314 e. The summed E-state index contributed by atoms with van der Waals surface area (Å²) in [6, 6.07) is 4.00. The molecule has 6 heteroatoms. The second-order valence-electron chi connectivity index (χ2n) is 6.82. The number of aryl methyl sites for hydroxylation is 3. The second kappa shape index (κ2) is 5.37. The number of carboxylic acids is 1. The standard InChI is InChI=1S/C19H20N4O2/c1-4-12-8-13(19(5-6-19)18(24)25)10-20-15(12)17-22-14-7-11(2)9-21-16(14)23(17)3/h7-10H,4-6H2,1-3H3,(H,24,25). The van der Waals surface area contributed by atoms with Gasteiger partial charge in [-0.2, -0.15) is 0 Å². The number of rotatable bonds is 4. The van der Waals surface area contributed by atoms with Crippen LogP contribution in [0.15, 0.2) is 24.5 Å². The minimum Gasteiger partial charge on any atom is -0.481 e. The van der Waals surface area contributed by atoms with E-state index in [1.807, 2.05) is 36.9 Å². The number of nitrogens with zero attached hydrogens (tertiary/aromatic N) is 4. The fourth-order valence-corrected chi connectivity index (χ4v) is 3.38. The molecule has 3 heterocycles. The lowest BCUT2D eigenvalue weighted by atomic mass is 9.95. The highest BCUT2D eigenvalue weighted by atomic mass is 16.4. The number of aliphatic carboxylic acids is 1. The number of hydrogen-bond donors (Lipinski definition) is 1. The van der Waals surface area contributed by atoms with Crippen LogP contribution in [0.3, 0.4) is 0 Å². The van der Waals surface area contributed by atoms with E-state index < -0.39 is 11.4 Å². The molecule has 128 valence electrons. The molecule has 0 atom stereocenters. The lowest BCUT2D eigenvalue weighted by Crippen LogP contribution is -2.20. The van der Waals surface area contributed by atoms with Crippen molar-refractivity contribution >= 4 is 17.1 Å². The van der Waals surface area contributed by atoms with Gasteiger partial charge in [0, 0.05) is 19.4 Å². The number of pyridine rings is 2. The zero-order valence-electron chi connectivity index (χ0n) is 14.6. The third-order valence-corrected chi connectivity index (χ3v) is 5.12. The van der Waals surface area contributed by atoms with Crippen LogP contribution in [0.25, 0.3) is 22.7 Å². The van der Waals surface area contributed by atoms with Crippen LogP contribution in [0, 0.1) is 6.92 Å². The summed E-state index contributed by atoms with van der Waals surface area (Å²) in [4.78, 5) is 25.4. The van der Waals surface area contributed by atoms with Crippen LogP contribution in [0.5, 0.6) is 0 Å². The quantitative estimate of drug-likeness (QED) is 0.792. The molecule has 0 amide bonds. The van der Waals surface area contributed by atoms with E-state index in [1.165, 1.54) is 0 Å². The molecule has 0 aromatic carbocycles. The van der Waals surface area contributed by atoms with E-state index in [4.69, 9.17) is 4.98 Å². The van der Waals surface area contributed by atoms with Crippen LogP contribution in [-0.4, -0.2) is 30.6 Å². The summed E-state index contributed by atoms with van der Waals surface area (Å²) in [6.45, 7) is 4.04. The Balaban J connectivity index is 1.86. The number of carboxylic acid groups (broad SMARTS) is 1. The van der Waals surface area contributed by atoms with Gasteiger partial charge in [0.05, 0.1) is 5.41 Å². The Bertz CT molecular complexity index is 1000. The molecule has 1 aliphatic carbocycles. The second-order valence-corrected chi connectivity index (χ2v) is 6.82. The Labute approximate surface area is 145 Å². The van der Waals surface area contributed by atoms with Gasteiger partial charge in [0.2, 0.25) is 0 Å². The van der Waals surface area contributed by atoms with Crippen LogP contribution in [0.4, 0.5) is 0 Å². The largest absolute Gasteiger partial charge is 0.481 e. The summed E-state index contributed by atoms with van der Waals surface area (Å²) in [7, 11) is 1.93. The predicted molar refractivity (Wildman–Crippen MR) is 94.4 cm³/mol. The van der Waals surface area contributed by atoms with Crippen molar-refractivity contribution in [2.45, 2.75) is 38.5 Å². The first-order valence-electron chi connectivity index (χ1n) is 8.48. The van der Waals surface area contributed by atoms with Crippen LogP contribution >= 0.6 is 0 Å². The summed E-state index contributed by atoms with van der Waals surface area (Å²) in [6.07, 6.45) is 5.66. The van der Waals surface area contributed by atoms with Gasteiger partial charge < -0.3 is 9.67 Å². The molecule has 0 unspecified atom stereocenters. The van der Waals surface area contributed by atoms with Gasteiger partial charge in [-0.15, -0.1) is 0 Å². The highest BCUT2D eigenvalue weighted by molar-refractivity contribution is 5.85. The molecule has 3 aromatic heterocycles. The Morgan fingerprint density at radius 3 is 2.68 bits per heavy atom. The van der Waals surface area contributed by atoms with Crippen molar-refractivity contribution in [1.82, 2.24) is 19.5 Å². The molecule has 0 saturated heterocycles. The van der Waals surface area contributed by atoms with Crippen molar-refractivity contribution in [1.29, 1.82) is 0 Å². The molecule has 1 aliphatic rings. The van der Waals surface area contributed by atoms with E-state index in [-0.39, 0.29) is 0 Å². The minimum absolute atomic E-state index is 0.683. The van der Waals surface area contributed by atoms with Crippen molar-refractivity contribution in [2.24, 2.45) is 7.05 Å². The van der Waals surface area contributed by atoms with E-state index in [0.717, 1.165) is 45.8 Å². The number of aromatic nitrogens is 4. The van der Waals surface area contributed by atoms with E-state index in [9.17, 15) is 9.90 Å². The molecule has 6 nitrogen and oxygen atoms in total. The molecule has 0 spiro atoms. The van der Waals surface area contributed by atoms with Crippen molar-refractivity contribution in [3.05, 3.63) is 41.2 Å². The van der Waals surface area contributed by atoms with E-state index >= 15 is 0 Å². The van der Waals surface area contributed by atoms with Crippen LogP contribution < -0.4 is 0 Å². The maximum atomic E-state index is 11.6. The lowest BCUT2D eigenvalue weighted by Gasteiger charge is -2.13. The SMILES string of the molecule is CCc1cc(C2(C(=O)O)CC2)cnc1-c1nc2cc(C)cnc2n1C. The van der Waals surface area contributed by atoms with E-state index in [2.05, 4.69) is 16.9 Å². The minimum atomic E-state index is -0.758. The van der Waals surface area contributed by atoms with Gasteiger partial charge in [-0.1, -0.05) is 13.0 Å². The average molecular weight is 336 g/mol. The number of hydrogen-bond acceptors (Lipinski definition) is 4. The van der Waals surface area contributed by atoms with Crippen LogP contribution in [-0.2, 0) is 23.7 Å². The summed E-state index contributed by atoms with van der Waals surface area (Å²) in [5.41, 5.74) is 4.60. The highest BCUT2D eigenvalue weighted by Crippen LogP contribution is 2.48. The van der Waals surface area contributed by atoms with Gasteiger partial charge >= 0.3 is 5.97 Å². The van der Waals surface area contributed by atoms with Crippen molar-refractivity contribution in [3.63, 3.8) is 0 Å². The first-order valence-corrected chi connectivity index (χ1v) is 8.48. The first-order chi connectivity index (χ1) is 12.0. The molecule has 0 bridgehead atoms. The summed E-state index contributed by atoms with van der Waals surface area (Å²) in [5.74, 6) is 0.00294. The molecule has 1 fully saturated rings. The number of fused-ring (bicyclic) bond motifs is 1. The van der Waals surface area contributed by atoms with E-state index in [1.54, 1.807) is 6.20 Å². The maximum Gasteiger partial charge on any atom is 0.314 e. The summed E-state index contributed by atoms with van der Waals surface area (Å²) < 4.78 is 1.94. The first kappa shape index (κ1) is 15.7. The topological polar surface area (TPSA) is 80.9 Å². The highest BCUT2D eigenvalue weighted by Gasteiger charge is 2.52. The molecule has 4 rings (SSSR count). The molecule has 1 saturated carbocycles. The summed E-state index contributed by atoms with van der Waals surface area (Å²) >= 11 is 0. The molecule has 0 aliphatic heterocycles. The molecular weight excluding hydrogens is 316 g/mol. The monoisotopic (exact) mass is 336 g/mol. The van der Waals surface area contributed by atoms with Gasteiger partial charge in [-0.25, -0.2) is 9.97 Å². The van der Waals surface area contributed by atoms with Gasteiger partial charge in [0.25, 0.3) is 0 Å². The van der Waals surface area contributed by atoms with Crippen molar-refractivity contribution in [2.75, 3.05) is 0 Å². The number of imidazole rings is 1. The van der Waals surface area contributed by atoms with Gasteiger partial charge in [0.1, 0.15) is 11.2 Å². The Kier molecular flexibility index (Phi) is 3.39. The van der Waals surface area contributed by atoms with Gasteiger partial charge in [0.15, 0.2) is 11.5 Å². The molecule has 0 radical (unpaired) electrons. The van der Waals surface area contributed by atoms with Crippen LogP contribution in [0.2, 0.25) is 0 Å². The predicted octanol–water partition coefficient (Wildman–Crippen LogP) is 3.02. The normalized spacial score (nSPS) is 15.5. The van der Waals surface area contributed by atoms with Crippen molar-refractivity contribution in [3.8, 4) is 11.5 Å². The average Bonchev–Trinajstić information content (AvgIpc) is 3.35.